The van der Waals surface area contributed by atoms with Crippen molar-refractivity contribution in [2.24, 2.45) is 5.73 Å². The van der Waals surface area contributed by atoms with E-state index in [0.29, 0.717) is 6.54 Å². The van der Waals surface area contributed by atoms with Crippen LogP contribution in [0.2, 0.25) is 0 Å². The number of nitrogens with two attached hydrogens (primary N) is 1. The topological polar surface area (TPSA) is 35.2 Å². The summed E-state index contributed by atoms with van der Waals surface area (Å²) in [6.07, 6.45) is 3.60. The molecule has 4 heteroatoms. The monoisotopic (exact) mass is 351 g/mol. The Balaban J connectivity index is 1.80. The first kappa shape index (κ1) is 14.3. The maximum Gasteiger partial charge on any atom is 0.105 e. The molecule has 0 saturated carbocycles. The Hall–Kier alpha value is -0.680. The van der Waals surface area contributed by atoms with Crippen LogP contribution in [-0.2, 0) is 11.2 Å². The van der Waals surface area contributed by atoms with Crippen LogP contribution in [0.15, 0.2) is 40.2 Å². The molecule has 1 aromatic carbocycles. The van der Waals surface area contributed by atoms with Crippen LogP contribution in [0.3, 0.4) is 0 Å². The maximum atomic E-state index is 6.33. The molecule has 2 atom stereocenters. The summed E-state index contributed by atoms with van der Waals surface area (Å²) in [6, 6.07) is 12.8. The predicted molar refractivity (Wildman–Crippen MR) is 87.0 cm³/mol. The van der Waals surface area contributed by atoms with Crippen molar-refractivity contribution in [3.63, 3.8) is 0 Å². The first-order valence-electron chi connectivity index (χ1n) is 6.96. The van der Waals surface area contributed by atoms with Gasteiger partial charge in [-0.3, -0.25) is 0 Å². The molecule has 2 aromatic rings. The van der Waals surface area contributed by atoms with Crippen molar-refractivity contribution in [3.05, 3.63) is 56.2 Å². The van der Waals surface area contributed by atoms with Gasteiger partial charge in [0, 0.05) is 11.4 Å². The highest BCUT2D eigenvalue weighted by Crippen LogP contribution is 2.38. The van der Waals surface area contributed by atoms with Crippen LogP contribution in [-0.4, -0.2) is 6.54 Å². The molecular weight excluding hydrogens is 334 g/mol. The number of thiophene rings is 1. The first-order valence-corrected chi connectivity index (χ1v) is 8.57. The molecule has 0 aliphatic heterocycles. The highest BCUT2D eigenvalue weighted by Gasteiger charge is 2.24. The zero-order valence-electron chi connectivity index (χ0n) is 11.2. The van der Waals surface area contributed by atoms with Crippen LogP contribution in [0.25, 0.3) is 0 Å². The Morgan fingerprint density at radius 3 is 2.90 bits per heavy atom. The third-order valence-corrected chi connectivity index (χ3v) is 5.48. The van der Waals surface area contributed by atoms with Gasteiger partial charge in [-0.2, -0.15) is 0 Å². The van der Waals surface area contributed by atoms with Crippen molar-refractivity contribution >= 4 is 27.3 Å². The summed E-state index contributed by atoms with van der Waals surface area (Å²) in [4.78, 5) is 1.20. The molecule has 0 radical (unpaired) electrons. The predicted octanol–water partition coefficient (Wildman–Crippen LogP) is 4.60. The lowest BCUT2D eigenvalue weighted by Gasteiger charge is -2.29. The Labute approximate surface area is 132 Å². The van der Waals surface area contributed by atoms with E-state index in [1.165, 1.54) is 22.4 Å². The molecule has 0 spiro atoms. The smallest absolute Gasteiger partial charge is 0.105 e. The van der Waals surface area contributed by atoms with Gasteiger partial charge in [0.2, 0.25) is 0 Å². The summed E-state index contributed by atoms with van der Waals surface area (Å²) in [7, 11) is 0. The van der Waals surface area contributed by atoms with Crippen LogP contribution in [0.4, 0.5) is 0 Å². The normalized spacial score (nSPS) is 19.6. The number of ether oxygens (including phenoxy) is 1. The Bertz CT molecular complexity index is 583. The van der Waals surface area contributed by atoms with Gasteiger partial charge < -0.3 is 10.5 Å². The zero-order valence-corrected chi connectivity index (χ0v) is 13.6. The Kier molecular flexibility index (Phi) is 4.56. The van der Waals surface area contributed by atoms with Crippen molar-refractivity contribution in [1.82, 2.24) is 0 Å². The molecule has 2 nitrogen and oxygen atoms in total. The van der Waals surface area contributed by atoms with E-state index in [0.717, 1.165) is 16.6 Å². The number of rotatable bonds is 4. The van der Waals surface area contributed by atoms with Gasteiger partial charge in [-0.05, 0) is 58.5 Å². The number of benzene rings is 1. The van der Waals surface area contributed by atoms with Gasteiger partial charge >= 0.3 is 0 Å². The number of hydrogen-bond acceptors (Lipinski definition) is 3. The van der Waals surface area contributed by atoms with Crippen molar-refractivity contribution < 1.29 is 4.74 Å². The molecule has 106 valence electrons. The van der Waals surface area contributed by atoms with Gasteiger partial charge in [-0.15, -0.1) is 11.3 Å². The maximum absolute atomic E-state index is 6.33. The lowest BCUT2D eigenvalue weighted by atomic mass is 9.89. The fourth-order valence-electron chi connectivity index (χ4n) is 2.79. The summed E-state index contributed by atoms with van der Waals surface area (Å²) in [5, 5.41) is 0. The second-order valence-corrected chi connectivity index (χ2v) is 7.58. The van der Waals surface area contributed by atoms with Crippen LogP contribution in [0, 0.1) is 0 Å². The van der Waals surface area contributed by atoms with Crippen LogP contribution < -0.4 is 5.73 Å². The van der Waals surface area contributed by atoms with Gasteiger partial charge in [0.05, 0.1) is 9.89 Å². The van der Waals surface area contributed by atoms with Crippen molar-refractivity contribution in [3.8, 4) is 0 Å². The molecule has 0 saturated heterocycles. The van der Waals surface area contributed by atoms with E-state index < -0.39 is 0 Å². The lowest BCUT2D eigenvalue weighted by molar-refractivity contribution is -0.0173. The minimum Gasteiger partial charge on any atom is -0.363 e. The van der Waals surface area contributed by atoms with Gasteiger partial charge in [0.25, 0.3) is 0 Å². The molecule has 3 rings (SSSR count). The largest absolute Gasteiger partial charge is 0.363 e. The molecule has 2 unspecified atom stereocenters. The van der Waals surface area contributed by atoms with E-state index in [4.69, 9.17) is 10.5 Å². The Morgan fingerprint density at radius 1 is 1.30 bits per heavy atom. The first-order chi connectivity index (χ1) is 9.78. The van der Waals surface area contributed by atoms with Crippen LogP contribution >= 0.6 is 27.3 Å². The standard InChI is InChI=1S/C16H18BrNOS/c17-16-9-8-15(20-16)14(10-18)19-13-7-3-5-11-4-1-2-6-12(11)13/h1-2,4,6,8-9,13-14H,3,5,7,10,18H2. The number of fused-ring (bicyclic) bond motifs is 1. The molecule has 1 aromatic heterocycles. The fourth-order valence-corrected chi connectivity index (χ4v) is 4.26. The number of aryl methyl sites for hydroxylation is 1. The minimum atomic E-state index is -0.0116. The summed E-state index contributed by atoms with van der Waals surface area (Å²) < 4.78 is 7.45. The third kappa shape index (κ3) is 2.98. The highest BCUT2D eigenvalue weighted by molar-refractivity contribution is 9.11. The Morgan fingerprint density at radius 2 is 2.15 bits per heavy atom. The summed E-state index contributed by atoms with van der Waals surface area (Å²) >= 11 is 5.20. The summed E-state index contributed by atoms with van der Waals surface area (Å²) in [6.45, 7) is 0.519. The molecular formula is C16H18BrNOS. The quantitative estimate of drug-likeness (QED) is 0.873. The second-order valence-electron chi connectivity index (χ2n) is 5.08. The third-order valence-electron chi connectivity index (χ3n) is 3.77. The van der Waals surface area contributed by atoms with E-state index in [-0.39, 0.29) is 12.2 Å². The summed E-state index contributed by atoms with van der Waals surface area (Å²) in [5.74, 6) is 0. The van der Waals surface area contributed by atoms with Crippen molar-refractivity contribution in [2.45, 2.75) is 31.5 Å². The number of hydrogen-bond donors (Lipinski definition) is 1. The van der Waals surface area contributed by atoms with Crippen LogP contribution in [0.5, 0.6) is 0 Å². The van der Waals surface area contributed by atoms with E-state index >= 15 is 0 Å². The lowest BCUT2D eigenvalue weighted by Crippen LogP contribution is -2.20. The van der Waals surface area contributed by atoms with E-state index in [1.54, 1.807) is 11.3 Å². The van der Waals surface area contributed by atoms with Crippen molar-refractivity contribution in [2.75, 3.05) is 6.54 Å². The summed E-state index contributed by atoms with van der Waals surface area (Å²) in [5.41, 5.74) is 8.68. The highest BCUT2D eigenvalue weighted by atomic mass is 79.9. The number of halogens is 1. The molecule has 1 aliphatic carbocycles. The van der Waals surface area contributed by atoms with Gasteiger partial charge in [-0.25, -0.2) is 0 Å². The van der Waals surface area contributed by atoms with E-state index in [2.05, 4.69) is 52.3 Å². The SMILES string of the molecule is NCC(OC1CCCc2ccccc21)c1ccc(Br)s1. The average molecular weight is 352 g/mol. The molecule has 0 fully saturated rings. The minimum absolute atomic E-state index is 0.0116. The molecule has 2 N–H and O–H groups in total. The molecule has 20 heavy (non-hydrogen) atoms. The molecule has 0 bridgehead atoms. The fraction of sp³-hybridized carbons (Fsp3) is 0.375. The van der Waals surface area contributed by atoms with Gasteiger partial charge in [0.15, 0.2) is 0 Å². The molecule has 1 aliphatic rings. The van der Waals surface area contributed by atoms with E-state index in [9.17, 15) is 0 Å². The second kappa shape index (κ2) is 6.39. The van der Waals surface area contributed by atoms with Gasteiger partial charge in [-0.1, -0.05) is 24.3 Å². The average Bonchev–Trinajstić information content (AvgIpc) is 2.91. The van der Waals surface area contributed by atoms with Crippen molar-refractivity contribution in [1.29, 1.82) is 0 Å². The zero-order chi connectivity index (χ0) is 13.9. The van der Waals surface area contributed by atoms with Crippen LogP contribution in [0.1, 0.15) is 41.1 Å². The van der Waals surface area contributed by atoms with E-state index in [1.807, 2.05) is 0 Å². The van der Waals surface area contributed by atoms with Gasteiger partial charge in [0.1, 0.15) is 6.10 Å². The molecule has 0 amide bonds. The molecule has 1 heterocycles.